The van der Waals surface area contributed by atoms with Crippen molar-refractivity contribution in [3.63, 3.8) is 0 Å². The number of fused-ring (bicyclic) bond motifs is 1. The summed E-state index contributed by atoms with van der Waals surface area (Å²) in [6.45, 7) is 5.76. The van der Waals surface area contributed by atoms with Gasteiger partial charge in [-0.15, -0.1) is 0 Å². The molecule has 1 N–H and O–H groups in total. The van der Waals surface area contributed by atoms with Crippen LogP contribution in [0.15, 0.2) is 29.3 Å². The summed E-state index contributed by atoms with van der Waals surface area (Å²) in [6.07, 6.45) is 3.84. The number of rotatable bonds is 3. The first-order chi connectivity index (χ1) is 9.02. The molecule has 0 spiro atoms. The van der Waals surface area contributed by atoms with Crippen LogP contribution in [0.25, 0.3) is 5.65 Å². The van der Waals surface area contributed by atoms with Gasteiger partial charge < -0.3 is 5.32 Å². The first kappa shape index (κ1) is 13.3. The number of aromatic nitrogens is 2. The fourth-order valence-corrected chi connectivity index (χ4v) is 1.74. The standard InChI is InChI=1S/C14H17N3O2/c1-4-10(3)16-13(18)11-7-15-12-6-5-9(2)8-17(12)14(11)19/h5-8,10H,4H2,1-3H3,(H,16,18). The molecule has 2 aromatic rings. The Hall–Kier alpha value is -2.17. The minimum Gasteiger partial charge on any atom is -0.349 e. The Bertz CT molecular complexity index is 676. The molecule has 2 aromatic heterocycles. The molecular formula is C14H17N3O2. The maximum absolute atomic E-state index is 12.3. The van der Waals surface area contributed by atoms with Gasteiger partial charge in [-0.2, -0.15) is 0 Å². The van der Waals surface area contributed by atoms with E-state index in [9.17, 15) is 9.59 Å². The molecule has 0 aromatic carbocycles. The Morgan fingerprint density at radius 2 is 2.21 bits per heavy atom. The van der Waals surface area contributed by atoms with E-state index in [1.165, 1.54) is 10.6 Å². The summed E-state index contributed by atoms with van der Waals surface area (Å²) in [7, 11) is 0. The first-order valence-electron chi connectivity index (χ1n) is 6.31. The van der Waals surface area contributed by atoms with E-state index in [1.54, 1.807) is 12.3 Å². The second-order valence-corrected chi connectivity index (χ2v) is 4.69. The molecule has 0 bridgehead atoms. The normalized spacial score (nSPS) is 12.4. The quantitative estimate of drug-likeness (QED) is 0.909. The molecule has 0 radical (unpaired) electrons. The van der Waals surface area contributed by atoms with E-state index in [0.29, 0.717) is 5.65 Å². The van der Waals surface area contributed by atoms with Crippen molar-refractivity contribution in [2.45, 2.75) is 33.2 Å². The summed E-state index contributed by atoms with van der Waals surface area (Å²) in [5.41, 5.74) is 1.21. The van der Waals surface area contributed by atoms with Crippen LogP contribution in [0.3, 0.4) is 0 Å². The Kier molecular flexibility index (Phi) is 3.64. The van der Waals surface area contributed by atoms with Gasteiger partial charge in [-0.25, -0.2) is 4.98 Å². The van der Waals surface area contributed by atoms with E-state index in [4.69, 9.17) is 0 Å². The molecule has 5 nitrogen and oxygen atoms in total. The Balaban J connectivity index is 2.48. The van der Waals surface area contributed by atoms with E-state index in [0.717, 1.165) is 12.0 Å². The SMILES string of the molecule is CCC(C)NC(=O)c1cnc2ccc(C)cn2c1=O. The molecule has 19 heavy (non-hydrogen) atoms. The van der Waals surface area contributed by atoms with Crippen LogP contribution < -0.4 is 10.9 Å². The highest BCUT2D eigenvalue weighted by Gasteiger charge is 2.14. The molecule has 0 aliphatic rings. The highest BCUT2D eigenvalue weighted by Crippen LogP contribution is 2.02. The van der Waals surface area contributed by atoms with E-state index in [-0.39, 0.29) is 23.1 Å². The van der Waals surface area contributed by atoms with Gasteiger partial charge in [0.15, 0.2) is 0 Å². The number of nitrogens with zero attached hydrogens (tertiary/aromatic N) is 2. The average molecular weight is 259 g/mol. The van der Waals surface area contributed by atoms with Gasteiger partial charge in [0.25, 0.3) is 11.5 Å². The second-order valence-electron chi connectivity index (χ2n) is 4.69. The molecule has 0 aliphatic carbocycles. The predicted molar refractivity (Wildman–Crippen MR) is 73.4 cm³/mol. The fourth-order valence-electron chi connectivity index (χ4n) is 1.74. The zero-order valence-electron chi connectivity index (χ0n) is 11.3. The summed E-state index contributed by atoms with van der Waals surface area (Å²) in [6, 6.07) is 3.67. The summed E-state index contributed by atoms with van der Waals surface area (Å²) in [5.74, 6) is -0.372. The summed E-state index contributed by atoms with van der Waals surface area (Å²) in [4.78, 5) is 28.4. The van der Waals surface area contributed by atoms with Crippen molar-refractivity contribution in [3.05, 3.63) is 46.0 Å². The van der Waals surface area contributed by atoms with Gasteiger partial charge in [0.1, 0.15) is 11.2 Å². The Labute approximate surface area is 111 Å². The van der Waals surface area contributed by atoms with Crippen LogP contribution in [0, 0.1) is 6.92 Å². The van der Waals surface area contributed by atoms with Crippen molar-refractivity contribution < 1.29 is 4.79 Å². The lowest BCUT2D eigenvalue weighted by Crippen LogP contribution is -2.36. The number of pyridine rings is 1. The van der Waals surface area contributed by atoms with Gasteiger partial charge in [-0.05, 0) is 31.9 Å². The number of aryl methyl sites for hydroxylation is 1. The lowest BCUT2D eigenvalue weighted by molar-refractivity contribution is 0.0937. The average Bonchev–Trinajstić information content (AvgIpc) is 2.39. The molecule has 1 amide bonds. The van der Waals surface area contributed by atoms with Crippen molar-refractivity contribution in [1.82, 2.24) is 14.7 Å². The number of nitrogens with one attached hydrogen (secondary N) is 1. The van der Waals surface area contributed by atoms with E-state index in [1.807, 2.05) is 26.8 Å². The van der Waals surface area contributed by atoms with Crippen molar-refractivity contribution in [1.29, 1.82) is 0 Å². The minimum absolute atomic E-state index is 0.0325. The maximum Gasteiger partial charge on any atom is 0.270 e. The topological polar surface area (TPSA) is 63.5 Å². The number of carbonyl (C=O) groups excluding carboxylic acids is 1. The molecule has 1 atom stereocenters. The van der Waals surface area contributed by atoms with E-state index < -0.39 is 0 Å². The lowest BCUT2D eigenvalue weighted by atomic mass is 10.2. The maximum atomic E-state index is 12.3. The minimum atomic E-state index is -0.372. The van der Waals surface area contributed by atoms with Gasteiger partial charge in [-0.3, -0.25) is 14.0 Å². The highest BCUT2D eigenvalue weighted by molar-refractivity contribution is 5.93. The van der Waals surface area contributed by atoms with Crippen LogP contribution in [0.5, 0.6) is 0 Å². The molecule has 2 heterocycles. The van der Waals surface area contributed by atoms with Crippen molar-refractivity contribution in [2.24, 2.45) is 0 Å². The van der Waals surface area contributed by atoms with Crippen LogP contribution in [-0.2, 0) is 0 Å². The zero-order chi connectivity index (χ0) is 14.0. The third-order valence-corrected chi connectivity index (χ3v) is 3.08. The molecule has 0 aliphatic heterocycles. The number of hydrogen-bond donors (Lipinski definition) is 1. The van der Waals surface area contributed by atoms with Crippen LogP contribution in [0.2, 0.25) is 0 Å². The smallest absolute Gasteiger partial charge is 0.270 e. The molecular weight excluding hydrogens is 242 g/mol. The zero-order valence-corrected chi connectivity index (χ0v) is 11.3. The third kappa shape index (κ3) is 2.65. The van der Waals surface area contributed by atoms with Gasteiger partial charge >= 0.3 is 0 Å². The fraction of sp³-hybridized carbons (Fsp3) is 0.357. The summed E-state index contributed by atoms with van der Waals surface area (Å²) in [5, 5.41) is 2.77. The van der Waals surface area contributed by atoms with Gasteiger partial charge in [0, 0.05) is 18.4 Å². The van der Waals surface area contributed by atoms with E-state index >= 15 is 0 Å². The Morgan fingerprint density at radius 1 is 1.47 bits per heavy atom. The molecule has 1 unspecified atom stereocenters. The molecule has 2 rings (SSSR count). The predicted octanol–water partition coefficient (Wildman–Crippen LogP) is 1.53. The van der Waals surface area contributed by atoms with Gasteiger partial charge in [-0.1, -0.05) is 13.0 Å². The van der Waals surface area contributed by atoms with Crippen LogP contribution in [0.4, 0.5) is 0 Å². The Morgan fingerprint density at radius 3 is 2.89 bits per heavy atom. The second kappa shape index (κ2) is 5.22. The van der Waals surface area contributed by atoms with E-state index in [2.05, 4.69) is 10.3 Å². The summed E-state index contributed by atoms with van der Waals surface area (Å²) >= 11 is 0. The third-order valence-electron chi connectivity index (χ3n) is 3.08. The first-order valence-corrected chi connectivity index (χ1v) is 6.31. The van der Waals surface area contributed by atoms with Gasteiger partial charge in [0.05, 0.1) is 0 Å². The van der Waals surface area contributed by atoms with Crippen molar-refractivity contribution in [3.8, 4) is 0 Å². The van der Waals surface area contributed by atoms with Crippen LogP contribution >= 0.6 is 0 Å². The molecule has 100 valence electrons. The molecule has 0 fully saturated rings. The molecule has 5 heteroatoms. The van der Waals surface area contributed by atoms with Crippen LogP contribution in [-0.4, -0.2) is 21.3 Å². The number of amides is 1. The molecule has 0 saturated carbocycles. The van der Waals surface area contributed by atoms with Crippen LogP contribution in [0.1, 0.15) is 36.2 Å². The molecule has 0 saturated heterocycles. The largest absolute Gasteiger partial charge is 0.349 e. The monoisotopic (exact) mass is 259 g/mol. The number of hydrogen-bond acceptors (Lipinski definition) is 3. The van der Waals surface area contributed by atoms with Crippen molar-refractivity contribution in [2.75, 3.05) is 0 Å². The highest BCUT2D eigenvalue weighted by atomic mass is 16.2. The number of carbonyl (C=O) groups is 1. The van der Waals surface area contributed by atoms with Gasteiger partial charge in [0.2, 0.25) is 0 Å². The summed E-state index contributed by atoms with van der Waals surface area (Å²) < 4.78 is 1.40. The van der Waals surface area contributed by atoms with Crippen molar-refractivity contribution >= 4 is 11.6 Å². The lowest BCUT2D eigenvalue weighted by Gasteiger charge is -2.11.